The highest BCUT2D eigenvalue weighted by Gasteiger charge is 2.25. The van der Waals surface area contributed by atoms with Crippen LogP contribution in [0.5, 0.6) is 0 Å². The normalized spacial score (nSPS) is 15.4. The molecule has 1 fully saturated rings. The van der Waals surface area contributed by atoms with Crippen LogP contribution in [-0.2, 0) is 0 Å². The molecule has 1 aromatic carbocycles. The number of nitrogens with one attached hydrogen (secondary N) is 1. The van der Waals surface area contributed by atoms with Crippen molar-refractivity contribution >= 4 is 17.3 Å². The highest BCUT2D eigenvalue weighted by molar-refractivity contribution is 5.98. The first-order valence-electron chi connectivity index (χ1n) is 6.72. The number of nitro benzene ring substituents is 2. The van der Waals surface area contributed by atoms with Crippen LogP contribution in [0.3, 0.4) is 0 Å². The standard InChI is InChI=1S/C13H15N3O5/c17-13(14-9-4-2-1-3-5-9)11-7-6-10(15(18)19)8-12(11)16(20)21/h6-9H,1-5H2,(H,14,17). The maximum absolute atomic E-state index is 12.1. The summed E-state index contributed by atoms with van der Waals surface area (Å²) in [5, 5.41) is 24.4. The molecule has 0 aliphatic heterocycles. The number of benzene rings is 1. The van der Waals surface area contributed by atoms with E-state index in [1.165, 1.54) is 0 Å². The van der Waals surface area contributed by atoms with Crippen LogP contribution in [0.2, 0.25) is 0 Å². The summed E-state index contributed by atoms with van der Waals surface area (Å²) in [7, 11) is 0. The van der Waals surface area contributed by atoms with Gasteiger partial charge in [0.1, 0.15) is 5.56 Å². The number of hydrogen-bond donors (Lipinski definition) is 1. The smallest absolute Gasteiger partial charge is 0.289 e. The van der Waals surface area contributed by atoms with Gasteiger partial charge in [-0.25, -0.2) is 0 Å². The van der Waals surface area contributed by atoms with Gasteiger partial charge in [-0.3, -0.25) is 25.0 Å². The Labute approximate surface area is 120 Å². The SMILES string of the molecule is O=C(NC1CCCCC1)c1ccc([N+](=O)[O-])cc1[N+](=O)[O-]. The second-order valence-corrected chi connectivity index (χ2v) is 5.02. The molecule has 1 N–H and O–H groups in total. The minimum Gasteiger partial charge on any atom is -0.349 e. The molecule has 0 unspecified atom stereocenters. The van der Waals surface area contributed by atoms with Gasteiger partial charge in [-0.2, -0.15) is 0 Å². The molecule has 1 aromatic rings. The molecule has 0 saturated heterocycles. The average molecular weight is 293 g/mol. The molecule has 1 aliphatic rings. The fraction of sp³-hybridized carbons (Fsp3) is 0.462. The van der Waals surface area contributed by atoms with Gasteiger partial charge in [0.25, 0.3) is 17.3 Å². The molecule has 1 amide bonds. The van der Waals surface area contributed by atoms with E-state index in [0.29, 0.717) is 0 Å². The van der Waals surface area contributed by atoms with Crippen LogP contribution < -0.4 is 5.32 Å². The van der Waals surface area contributed by atoms with E-state index in [4.69, 9.17) is 0 Å². The fourth-order valence-corrected chi connectivity index (χ4v) is 2.49. The van der Waals surface area contributed by atoms with Crippen molar-refractivity contribution in [2.45, 2.75) is 38.1 Å². The van der Waals surface area contributed by atoms with Gasteiger partial charge >= 0.3 is 0 Å². The first-order valence-corrected chi connectivity index (χ1v) is 6.72. The lowest BCUT2D eigenvalue weighted by atomic mass is 9.95. The van der Waals surface area contributed by atoms with E-state index < -0.39 is 27.1 Å². The molecule has 0 aromatic heterocycles. The molecule has 0 bridgehead atoms. The molecular formula is C13H15N3O5. The Bertz CT molecular complexity index is 581. The van der Waals surface area contributed by atoms with Crippen molar-refractivity contribution in [3.05, 3.63) is 44.0 Å². The van der Waals surface area contributed by atoms with Crippen LogP contribution in [0.15, 0.2) is 18.2 Å². The maximum Gasteiger partial charge on any atom is 0.289 e. The summed E-state index contributed by atoms with van der Waals surface area (Å²) in [6.45, 7) is 0. The number of nitrogens with zero attached hydrogens (tertiary/aromatic N) is 2. The van der Waals surface area contributed by atoms with Gasteiger partial charge in [0.05, 0.1) is 15.9 Å². The fourth-order valence-electron chi connectivity index (χ4n) is 2.49. The zero-order valence-corrected chi connectivity index (χ0v) is 11.3. The van der Waals surface area contributed by atoms with Crippen molar-refractivity contribution in [3.8, 4) is 0 Å². The number of nitro groups is 2. The molecule has 2 rings (SSSR count). The molecule has 0 spiro atoms. The molecule has 0 radical (unpaired) electrons. The largest absolute Gasteiger partial charge is 0.349 e. The predicted octanol–water partition coefficient (Wildman–Crippen LogP) is 2.57. The monoisotopic (exact) mass is 293 g/mol. The molecule has 112 valence electrons. The van der Waals surface area contributed by atoms with Gasteiger partial charge in [-0.1, -0.05) is 19.3 Å². The molecule has 1 saturated carbocycles. The minimum absolute atomic E-state index is 0.0149. The van der Waals surface area contributed by atoms with E-state index in [2.05, 4.69) is 5.32 Å². The number of rotatable bonds is 4. The number of carbonyl (C=O) groups excluding carboxylic acids is 1. The molecule has 0 heterocycles. The molecule has 0 atom stereocenters. The van der Waals surface area contributed by atoms with Crippen molar-refractivity contribution in [2.75, 3.05) is 0 Å². The van der Waals surface area contributed by atoms with Gasteiger partial charge in [-0.05, 0) is 18.9 Å². The van der Waals surface area contributed by atoms with Crippen LogP contribution in [0.25, 0.3) is 0 Å². The van der Waals surface area contributed by atoms with Crippen LogP contribution in [0.4, 0.5) is 11.4 Å². The average Bonchev–Trinajstić information content (AvgIpc) is 2.47. The lowest BCUT2D eigenvalue weighted by molar-refractivity contribution is -0.394. The lowest BCUT2D eigenvalue weighted by Gasteiger charge is -2.22. The van der Waals surface area contributed by atoms with Crippen LogP contribution >= 0.6 is 0 Å². The van der Waals surface area contributed by atoms with Crippen LogP contribution in [-0.4, -0.2) is 21.8 Å². The van der Waals surface area contributed by atoms with Crippen LogP contribution in [0.1, 0.15) is 42.5 Å². The Hall–Kier alpha value is -2.51. The molecule has 8 heteroatoms. The van der Waals surface area contributed by atoms with E-state index in [-0.39, 0.29) is 11.6 Å². The Kier molecular flexibility index (Phi) is 4.46. The summed E-state index contributed by atoms with van der Waals surface area (Å²) >= 11 is 0. The maximum atomic E-state index is 12.1. The van der Waals surface area contributed by atoms with Crippen molar-refractivity contribution in [3.63, 3.8) is 0 Å². The Balaban J connectivity index is 2.23. The van der Waals surface area contributed by atoms with Crippen molar-refractivity contribution in [2.24, 2.45) is 0 Å². The van der Waals surface area contributed by atoms with Gasteiger partial charge < -0.3 is 5.32 Å². The van der Waals surface area contributed by atoms with Crippen molar-refractivity contribution in [1.29, 1.82) is 0 Å². The molecular weight excluding hydrogens is 278 g/mol. The lowest BCUT2D eigenvalue weighted by Crippen LogP contribution is -2.36. The summed E-state index contributed by atoms with van der Waals surface area (Å²) in [5.41, 5.74) is -1.09. The predicted molar refractivity (Wildman–Crippen MR) is 74.1 cm³/mol. The summed E-state index contributed by atoms with van der Waals surface area (Å²) in [6, 6.07) is 3.06. The van der Waals surface area contributed by atoms with Gasteiger partial charge in [0.15, 0.2) is 0 Å². The highest BCUT2D eigenvalue weighted by atomic mass is 16.6. The molecule has 21 heavy (non-hydrogen) atoms. The third-order valence-electron chi connectivity index (χ3n) is 3.57. The van der Waals surface area contributed by atoms with Crippen molar-refractivity contribution < 1.29 is 14.6 Å². The topological polar surface area (TPSA) is 115 Å². The number of carbonyl (C=O) groups is 1. The Morgan fingerprint density at radius 3 is 2.33 bits per heavy atom. The summed E-state index contributed by atoms with van der Waals surface area (Å²) in [6.07, 6.45) is 4.88. The summed E-state index contributed by atoms with van der Waals surface area (Å²) in [4.78, 5) is 32.3. The van der Waals surface area contributed by atoms with Gasteiger partial charge in [-0.15, -0.1) is 0 Å². The zero-order chi connectivity index (χ0) is 15.4. The number of amides is 1. The first-order chi connectivity index (χ1) is 9.99. The van der Waals surface area contributed by atoms with E-state index in [1.54, 1.807) is 0 Å². The van der Waals surface area contributed by atoms with Gasteiger partial charge in [0.2, 0.25) is 0 Å². The van der Waals surface area contributed by atoms with E-state index in [0.717, 1.165) is 50.3 Å². The zero-order valence-electron chi connectivity index (χ0n) is 11.3. The van der Waals surface area contributed by atoms with Crippen molar-refractivity contribution in [1.82, 2.24) is 5.32 Å². The molecule has 8 nitrogen and oxygen atoms in total. The van der Waals surface area contributed by atoms with E-state index in [1.807, 2.05) is 0 Å². The third-order valence-corrected chi connectivity index (χ3v) is 3.57. The summed E-state index contributed by atoms with van der Waals surface area (Å²) in [5.74, 6) is -0.552. The van der Waals surface area contributed by atoms with E-state index in [9.17, 15) is 25.0 Å². The first kappa shape index (κ1) is 14.9. The van der Waals surface area contributed by atoms with Gasteiger partial charge in [0, 0.05) is 12.1 Å². The highest BCUT2D eigenvalue weighted by Crippen LogP contribution is 2.25. The third kappa shape index (κ3) is 3.53. The number of non-ortho nitro benzene ring substituents is 1. The Morgan fingerprint density at radius 1 is 1.10 bits per heavy atom. The Morgan fingerprint density at radius 2 is 1.76 bits per heavy atom. The molecule has 1 aliphatic carbocycles. The quantitative estimate of drug-likeness (QED) is 0.676. The van der Waals surface area contributed by atoms with Crippen LogP contribution in [0, 0.1) is 20.2 Å². The summed E-state index contributed by atoms with van der Waals surface area (Å²) < 4.78 is 0. The minimum atomic E-state index is -0.775. The second kappa shape index (κ2) is 6.29. The number of hydrogen-bond acceptors (Lipinski definition) is 5. The van der Waals surface area contributed by atoms with E-state index >= 15 is 0 Å². The second-order valence-electron chi connectivity index (χ2n) is 5.02.